The van der Waals surface area contributed by atoms with Gasteiger partial charge in [-0.25, -0.2) is 4.79 Å². The highest BCUT2D eigenvalue weighted by Crippen LogP contribution is 2.26. The van der Waals surface area contributed by atoms with Crippen LogP contribution in [0.4, 0.5) is 4.79 Å². The molecule has 2 aromatic rings. The summed E-state index contributed by atoms with van der Waals surface area (Å²) in [5.41, 5.74) is 2.18. The summed E-state index contributed by atoms with van der Waals surface area (Å²) in [4.78, 5) is 11.8. The minimum Gasteiger partial charge on any atom is -0.449 e. The molecular formula is C15H19NO2. The lowest BCUT2D eigenvalue weighted by Gasteiger charge is -2.19. The average Bonchev–Trinajstić information content (AvgIpc) is 2.70. The molecule has 0 unspecified atom stereocenters. The number of fused-ring (bicyclic) bond motifs is 1. The monoisotopic (exact) mass is 245 g/mol. The third kappa shape index (κ3) is 2.26. The van der Waals surface area contributed by atoms with Crippen molar-refractivity contribution >= 4 is 17.0 Å². The Hall–Kier alpha value is -1.77. The Bertz CT molecular complexity index is 576. The molecule has 1 heterocycles. The van der Waals surface area contributed by atoms with E-state index in [2.05, 4.69) is 32.9 Å². The van der Waals surface area contributed by atoms with Crippen molar-refractivity contribution in [3.63, 3.8) is 0 Å². The lowest BCUT2D eigenvalue weighted by atomic mass is 9.87. The predicted octanol–water partition coefficient (Wildman–Crippen LogP) is 3.94. The van der Waals surface area contributed by atoms with Crippen LogP contribution in [0.3, 0.4) is 0 Å². The fourth-order valence-corrected chi connectivity index (χ4v) is 1.95. The van der Waals surface area contributed by atoms with Crippen molar-refractivity contribution in [3.05, 3.63) is 36.0 Å². The maximum absolute atomic E-state index is 11.8. The molecule has 0 aliphatic rings. The largest absolute Gasteiger partial charge is 0.449 e. The first-order chi connectivity index (χ1) is 8.43. The molecule has 1 aromatic carbocycles. The summed E-state index contributed by atoms with van der Waals surface area (Å²) in [5.74, 6) is 0. The molecule has 0 fully saturated rings. The van der Waals surface area contributed by atoms with Crippen LogP contribution < -0.4 is 0 Å². The van der Waals surface area contributed by atoms with Crippen molar-refractivity contribution in [2.75, 3.05) is 6.61 Å². The molecule has 1 aromatic heterocycles. The second-order valence-electron chi connectivity index (χ2n) is 5.41. The highest BCUT2D eigenvalue weighted by Gasteiger charge is 2.16. The van der Waals surface area contributed by atoms with Crippen LogP contribution in [0.5, 0.6) is 0 Å². The van der Waals surface area contributed by atoms with Crippen molar-refractivity contribution in [3.8, 4) is 0 Å². The molecule has 3 nitrogen and oxygen atoms in total. The summed E-state index contributed by atoms with van der Waals surface area (Å²) < 4.78 is 6.61. The molecule has 0 N–H and O–H groups in total. The number of hydrogen-bond acceptors (Lipinski definition) is 2. The number of aromatic nitrogens is 1. The topological polar surface area (TPSA) is 31.2 Å². The Balaban J connectivity index is 2.53. The Kier molecular flexibility index (Phi) is 3.16. The second kappa shape index (κ2) is 4.48. The summed E-state index contributed by atoms with van der Waals surface area (Å²) in [5, 5.41) is 1.05. The zero-order valence-corrected chi connectivity index (χ0v) is 11.4. The highest BCUT2D eigenvalue weighted by molar-refractivity contribution is 5.90. The number of ether oxygens (including phenoxy) is 1. The summed E-state index contributed by atoms with van der Waals surface area (Å²) in [6.45, 7) is 8.67. The van der Waals surface area contributed by atoms with E-state index < -0.39 is 0 Å². The summed E-state index contributed by atoms with van der Waals surface area (Å²) in [6, 6.07) is 8.15. The van der Waals surface area contributed by atoms with Gasteiger partial charge in [0.05, 0.1) is 12.1 Å². The Morgan fingerprint density at radius 3 is 2.61 bits per heavy atom. The zero-order chi connectivity index (χ0) is 13.3. The van der Waals surface area contributed by atoms with E-state index in [1.807, 2.05) is 19.1 Å². The summed E-state index contributed by atoms with van der Waals surface area (Å²) in [7, 11) is 0. The van der Waals surface area contributed by atoms with E-state index in [0.29, 0.717) is 6.61 Å². The molecular weight excluding hydrogens is 226 g/mol. The number of nitrogens with zero attached hydrogens (tertiary/aromatic N) is 1. The van der Waals surface area contributed by atoms with Crippen LogP contribution in [0.1, 0.15) is 33.3 Å². The molecule has 0 spiro atoms. The molecule has 96 valence electrons. The van der Waals surface area contributed by atoms with Gasteiger partial charge in [0.1, 0.15) is 0 Å². The zero-order valence-electron chi connectivity index (χ0n) is 11.4. The molecule has 0 saturated carbocycles. The van der Waals surface area contributed by atoms with Crippen LogP contribution in [0.25, 0.3) is 10.9 Å². The third-order valence-electron chi connectivity index (χ3n) is 3.02. The van der Waals surface area contributed by atoms with Crippen molar-refractivity contribution in [2.45, 2.75) is 33.1 Å². The minimum atomic E-state index is -0.321. The quantitative estimate of drug-likeness (QED) is 0.762. The van der Waals surface area contributed by atoms with Crippen LogP contribution in [-0.2, 0) is 10.2 Å². The third-order valence-corrected chi connectivity index (χ3v) is 3.02. The van der Waals surface area contributed by atoms with Crippen LogP contribution in [0.2, 0.25) is 0 Å². The summed E-state index contributed by atoms with van der Waals surface area (Å²) in [6.07, 6.45) is 1.44. The van der Waals surface area contributed by atoms with Gasteiger partial charge >= 0.3 is 6.09 Å². The first-order valence-corrected chi connectivity index (χ1v) is 6.22. The maximum atomic E-state index is 11.8. The van der Waals surface area contributed by atoms with Gasteiger partial charge in [-0.2, -0.15) is 0 Å². The van der Waals surface area contributed by atoms with Gasteiger partial charge in [0.15, 0.2) is 0 Å². The number of rotatable bonds is 1. The van der Waals surface area contributed by atoms with Gasteiger partial charge in [-0.1, -0.05) is 32.9 Å². The van der Waals surface area contributed by atoms with Gasteiger partial charge in [-0.3, -0.25) is 4.57 Å². The van der Waals surface area contributed by atoms with Gasteiger partial charge in [-0.15, -0.1) is 0 Å². The predicted molar refractivity (Wildman–Crippen MR) is 73.1 cm³/mol. The van der Waals surface area contributed by atoms with E-state index in [4.69, 9.17) is 4.74 Å². The van der Waals surface area contributed by atoms with Crippen molar-refractivity contribution < 1.29 is 9.53 Å². The van der Waals surface area contributed by atoms with Crippen LogP contribution in [0.15, 0.2) is 30.5 Å². The number of benzene rings is 1. The molecule has 18 heavy (non-hydrogen) atoms. The van der Waals surface area contributed by atoms with Crippen LogP contribution in [0, 0.1) is 0 Å². The van der Waals surface area contributed by atoms with Gasteiger partial charge in [-0.05, 0) is 30.0 Å². The van der Waals surface area contributed by atoms with E-state index >= 15 is 0 Å². The van der Waals surface area contributed by atoms with Crippen molar-refractivity contribution in [1.82, 2.24) is 4.57 Å². The molecule has 3 heteroatoms. The lowest BCUT2D eigenvalue weighted by Crippen LogP contribution is -2.14. The van der Waals surface area contributed by atoms with Crippen LogP contribution >= 0.6 is 0 Å². The first kappa shape index (κ1) is 12.7. The van der Waals surface area contributed by atoms with Crippen LogP contribution in [-0.4, -0.2) is 17.3 Å². The Morgan fingerprint density at radius 1 is 1.28 bits per heavy atom. The summed E-state index contributed by atoms with van der Waals surface area (Å²) >= 11 is 0. The number of hydrogen-bond donors (Lipinski definition) is 0. The second-order valence-corrected chi connectivity index (χ2v) is 5.41. The van der Waals surface area contributed by atoms with Crippen molar-refractivity contribution in [2.24, 2.45) is 0 Å². The maximum Gasteiger partial charge on any atom is 0.418 e. The van der Waals surface area contributed by atoms with E-state index in [0.717, 1.165) is 10.9 Å². The Morgan fingerprint density at radius 2 is 2.00 bits per heavy atom. The van der Waals surface area contributed by atoms with Crippen molar-refractivity contribution in [1.29, 1.82) is 0 Å². The average molecular weight is 245 g/mol. The van der Waals surface area contributed by atoms with E-state index in [1.165, 1.54) is 5.56 Å². The van der Waals surface area contributed by atoms with E-state index in [-0.39, 0.29) is 11.5 Å². The van der Waals surface area contributed by atoms with Gasteiger partial charge < -0.3 is 4.74 Å². The normalized spacial score (nSPS) is 11.8. The number of carbonyl (C=O) groups excluding carboxylic acids is 1. The molecule has 0 atom stereocenters. The highest BCUT2D eigenvalue weighted by atomic mass is 16.5. The fourth-order valence-electron chi connectivity index (χ4n) is 1.95. The molecule has 0 bridgehead atoms. The minimum absolute atomic E-state index is 0.0674. The van der Waals surface area contributed by atoms with Gasteiger partial charge in [0.2, 0.25) is 0 Å². The number of carbonyl (C=O) groups is 1. The smallest absolute Gasteiger partial charge is 0.418 e. The molecule has 0 aliphatic heterocycles. The molecule has 0 radical (unpaired) electrons. The molecule has 0 saturated heterocycles. The molecule has 0 aliphatic carbocycles. The fraction of sp³-hybridized carbons (Fsp3) is 0.400. The van der Waals surface area contributed by atoms with Gasteiger partial charge in [0.25, 0.3) is 0 Å². The Labute approximate surface area is 107 Å². The molecule has 0 amide bonds. The first-order valence-electron chi connectivity index (χ1n) is 6.22. The molecule has 2 rings (SSSR count). The SMILES string of the molecule is CCOC(=O)n1ccc2ccc(C(C)(C)C)cc21. The standard InChI is InChI=1S/C15H19NO2/c1-5-18-14(17)16-9-8-11-6-7-12(10-13(11)16)15(2,3)4/h6-10H,5H2,1-4H3. The van der Waals surface area contributed by atoms with E-state index in [1.54, 1.807) is 10.8 Å². The van der Waals surface area contributed by atoms with Gasteiger partial charge in [0, 0.05) is 11.6 Å². The van der Waals surface area contributed by atoms with E-state index in [9.17, 15) is 4.79 Å². The lowest BCUT2D eigenvalue weighted by molar-refractivity contribution is 0.155.